The van der Waals surface area contributed by atoms with Crippen molar-refractivity contribution in [1.29, 1.82) is 0 Å². The number of urea groups is 1. The molecule has 0 unspecified atom stereocenters. The lowest BCUT2D eigenvalue weighted by Crippen LogP contribution is -2.48. The maximum Gasteiger partial charge on any atom is 0.326 e. The van der Waals surface area contributed by atoms with Crippen molar-refractivity contribution in [2.75, 3.05) is 6.54 Å². The third-order valence-electron chi connectivity index (χ3n) is 3.50. The van der Waals surface area contributed by atoms with E-state index in [-0.39, 0.29) is 11.3 Å². The second-order valence-electron chi connectivity index (χ2n) is 6.97. The third kappa shape index (κ3) is 10.2. The standard InChI is InChI=1S/C16H32N2O3/c1-6-7-8-9-16(4,5)11-17-15(21)18-13(14(19)20)10-12(2)3/h12-13H,6-11H2,1-5H3,(H,19,20)(H2,17,18,21)/t13-/m1/s1. The first-order valence-corrected chi connectivity index (χ1v) is 7.95. The van der Waals surface area contributed by atoms with Crippen molar-refractivity contribution < 1.29 is 14.7 Å². The number of nitrogens with one attached hydrogen (secondary N) is 2. The molecular formula is C16H32N2O3. The fraction of sp³-hybridized carbons (Fsp3) is 0.875. The van der Waals surface area contributed by atoms with Crippen LogP contribution < -0.4 is 10.6 Å². The van der Waals surface area contributed by atoms with E-state index in [4.69, 9.17) is 5.11 Å². The Morgan fingerprint density at radius 2 is 1.81 bits per heavy atom. The molecule has 1 atom stereocenters. The Kier molecular flexibility index (Phi) is 9.06. The van der Waals surface area contributed by atoms with Crippen molar-refractivity contribution in [3.05, 3.63) is 0 Å². The number of carbonyl (C=O) groups is 2. The molecule has 0 aliphatic heterocycles. The highest BCUT2D eigenvalue weighted by Crippen LogP contribution is 2.22. The van der Waals surface area contributed by atoms with Gasteiger partial charge in [0, 0.05) is 6.54 Å². The summed E-state index contributed by atoms with van der Waals surface area (Å²) in [5, 5.41) is 14.4. The van der Waals surface area contributed by atoms with Gasteiger partial charge in [0.2, 0.25) is 0 Å². The van der Waals surface area contributed by atoms with Crippen LogP contribution in [0, 0.1) is 11.3 Å². The lowest BCUT2D eigenvalue weighted by Gasteiger charge is -2.25. The summed E-state index contributed by atoms with van der Waals surface area (Å²) in [5.41, 5.74) is 0.0310. The van der Waals surface area contributed by atoms with Crippen LogP contribution in [0.3, 0.4) is 0 Å². The van der Waals surface area contributed by atoms with Crippen molar-refractivity contribution in [1.82, 2.24) is 10.6 Å². The van der Waals surface area contributed by atoms with Crippen LogP contribution >= 0.6 is 0 Å². The molecule has 0 aromatic rings. The van der Waals surface area contributed by atoms with Gasteiger partial charge in [-0.3, -0.25) is 0 Å². The topological polar surface area (TPSA) is 78.4 Å². The SMILES string of the molecule is CCCCCC(C)(C)CNC(=O)N[C@H](CC(C)C)C(=O)O. The lowest BCUT2D eigenvalue weighted by molar-refractivity contribution is -0.139. The average molecular weight is 300 g/mol. The van der Waals surface area contributed by atoms with Crippen LogP contribution in [0.4, 0.5) is 4.79 Å². The molecule has 2 amide bonds. The molecule has 0 saturated heterocycles. The van der Waals surface area contributed by atoms with Crippen molar-refractivity contribution >= 4 is 12.0 Å². The molecule has 0 rings (SSSR count). The number of rotatable bonds is 10. The van der Waals surface area contributed by atoms with Crippen molar-refractivity contribution in [3.63, 3.8) is 0 Å². The number of carbonyl (C=O) groups excluding carboxylic acids is 1. The molecule has 124 valence electrons. The van der Waals surface area contributed by atoms with Gasteiger partial charge in [-0.25, -0.2) is 9.59 Å². The fourth-order valence-corrected chi connectivity index (χ4v) is 2.16. The van der Waals surface area contributed by atoms with Gasteiger partial charge in [0.15, 0.2) is 0 Å². The number of carboxylic acid groups (broad SMARTS) is 1. The summed E-state index contributed by atoms with van der Waals surface area (Å²) in [5.74, 6) is -0.766. The summed E-state index contributed by atoms with van der Waals surface area (Å²) in [4.78, 5) is 22.9. The van der Waals surface area contributed by atoms with Gasteiger partial charge in [-0.05, 0) is 24.2 Å². The molecule has 0 fully saturated rings. The number of unbranched alkanes of at least 4 members (excludes halogenated alkanes) is 2. The van der Waals surface area contributed by atoms with E-state index in [1.54, 1.807) is 0 Å². The van der Waals surface area contributed by atoms with E-state index in [0.29, 0.717) is 13.0 Å². The summed E-state index contributed by atoms with van der Waals surface area (Å²) in [6.45, 7) is 10.8. The van der Waals surface area contributed by atoms with E-state index in [9.17, 15) is 9.59 Å². The van der Waals surface area contributed by atoms with E-state index in [1.807, 2.05) is 13.8 Å². The van der Waals surface area contributed by atoms with Crippen molar-refractivity contribution in [2.45, 2.75) is 72.8 Å². The molecule has 0 saturated carbocycles. The minimum Gasteiger partial charge on any atom is -0.480 e. The first-order valence-electron chi connectivity index (χ1n) is 7.95. The highest BCUT2D eigenvalue weighted by molar-refractivity contribution is 5.82. The number of aliphatic carboxylic acids is 1. The molecule has 0 spiro atoms. The summed E-state index contributed by atoms with van der Waals surface area (Å²) in [6.07, 6.45) is 5.01. The second-order valence-corrected chi connectivity index (χ2v) is 6.97. The second kappa shape index (κ2) is 9.64. The summed E-state index contributed by atoms with van der Waals surface area (Å²) in [6, 6.07) is -1.22. The summed E-state index contributed by atoms with van der Waals surface area (Å²) < 4.78 is 0. The number of hydrogen-bond donors (Lipinski definition) is 3. The Bertz CT molecular complexity index is 327. The minimum atomic E-state index is -0.985. The molecule has 3 N–H and O–H groups in total. The smallest absolute Gasteiger partial charge is 0.326 e. The molecule has 5 heteroatoms. The highest BCUT2D eigenvalue weighted by Gasteiger charge is 2.23. The third-order valence-corrected chi connectivity index (χ3v) is 3.50. The molecule has 0 aromatic carbocycles. The van der Waals surface area contributed by atoms with Crippen LogP contribution in [0.5, 0.6) is 0 Å². The Morgan fingerprint density at radius 1 is 1.19 bits per heavy atom. The Balaban J connectivity index is 4.20. The van der Waals surface area contributed by atoms with Crippen molar-refractivity contribution in [3.8, 4) is 0 Å². The van der Waals surface area contributed by atoms with E-state index in [2.05, 4.69) is 31.4 Å². The predicted molar refractivity (Wildman–Crippen MR) is 85.3 cm³/mol. The van der Waals surface area contributed by atoms with E-state index < -0.39 is 18.0 Å². The normalized spacial score (nSPS) is 13.0. The summed E-state index contributed by atoms with van der Waals surface area (Å²) >= 11 is 0. The monoisotopic (exact) mass is 300 g/mol. The number of amides is 2. The highest BCUT2D eigenvalue weighted by atomic mass is 16.4. The maximum absolute atomic E-state index is 11.8. The average Bonchev–Trinajstić information content (AvgIpc) is 2.35. The Morgan fingerprint density at radius 3 is 2.29 bits per heavy atom. The molecule has 0 radical (unpaired) electrons. The molecular weight excluding hydrogens is 268 g/mol. The summed E-state index contributed by atoms with van der Waals surface area (Å²) in [7, 11) is 0. The van der Waals surface area contributed by atoms with E-state index in [0.717, 1.165) is 12.8 Å². The van der Waals surface area contributed by atoms with Crippen LogP contribution in [0.1, 0.15) is 66.7 Å². The number of carboxylic acids is 1. The minimum absolute atomic E-state index is 0.0310. The Hall–Kier alpha value is -1.26. The van der Waals surface area contributed by atoms with Crippen LogP contribution in [0.25, 0.3) is 0 Å². The van der Waals surface area contributed by atoms with Gasteiger partial charge in [-0.2, -0.15) is 0 Å². The van der Waals surface area contributed by atoms with Gasteiger partial charge >= 0.3 is 12.0 Å². The molecule has 0 bridgehead atoms. The first-order chi connectivity index (χ1) is 9.68. The zero-order valence-electron chi connectivity index (χ0n) is 14.2. The molecule has 0 heterocycles. The van der Waals surface area contributed by atoms with Crippen molar-refractivity contribution in [2.24, 2.45) is 11.3 Å². The molecule has 0 aliphatic carbocycles. The van der Waals surface area contributed by atoms with Crippen LogP contribution in [0.15, 0.2) is 0 Å². The zero-order valence-corrected chi connectivity index (χ0v) is 14.2. The first kappa shape index (κ1) is 19.7. The van der Waals surface area contributed by atoms with Gasteiger partial charge < -0.3 is 15.7 Å². The van der Waals surface area contributed by atoms with Crippen LogP contribution in [-0.4, -0.2) is 29.7 Å². The van der Waals surface area contributed by atoms with Crippen LogP contribution in [0.2, 0.25) is 0 Å². The molecule has 21 heavy (non-hydrogen) atoms. The lowest BCUT2D eigenvalue weighted by atomic mass is 9.87. The van der Waals surface area contributed by atoms with Gasteiger partial charge in [-0.1, -0.05) is 53.9 Å². The molecule has 5 nitrogen and oxygen atoms in total. The van der Waals surface area contributed by atoms with E-state index >= 15 is 0 Å². The van der Waals surface area contributed by atoms with Gasteiger partial charge in [0.05, 0.1) is 0 Å². The number of hydrogen-bond acceptors (Lipinski definition) is 2. The van der Waals surface area contributed by atoms with Gasteiger partial charge in [-0.15, -0.1) is 0 Å². The quantitative estimate of drug-likeness (QED) is 0.541. The molecule has 0 aromatic heterocycles. The van der Waals surface area contributed by atoms with Crippen LogP contribution in [-0.2, 0) is 4.79 Å². The maximum atomic E-state index is 11.8. The largest absolute Gasteiger partial charge is 0.480 e. The molecule has 0 aliphatic rings. The zero-order chi connectivity index (χ0) is 16.5. The fourth-order valence-electron chi connectivity index (χ4n) is 2.16. The predicted octanol–water partition coefficient (Wildman–Crippen LogP) is 3.39. The van der Waals surface area contributed by atoms with Gasteiger partial charge in [0.1, 0.15) is 6.04 Å². The Labute approximate surface area is 128 Å². The van der Waals surface area contributed by atoms with Gasteiger partial charge in [0.25, 0.3) is 0 Å². The van der Waals surface area contributed by atoms with E-state index in [1.165, 1.54) is 12.8 Å².